The Hall–Kier alpha value is -1.56. The Bertz CT molecular complexity index is 462. The van der Waals surface area contributed by atoms with Crippen LogP contribution in [0.3, 0.4) is 0 Å². The van der Waals surface area contributed by atoms with Crippen molar-refractivity contribution in [3.63, 3.8) is 0 Å². The van der Waals surface area contributed by atoms with Gasteiger partial charge in [-0.1, -0.05) is 59.7 Å². The van der Waals surface area contributed by atoms with Crippen molar-refractivity contribution in [3.05, 3.63) is 77.7 Å². The van der Waals surface area contributed by atoms with Gasteiger partial charge in [0.2, 0.25) is 0 Å². The smallest absolute Gasteiger partial charge is 0.0121 e. The number of rotatable bonds is 3. The van der Waals surface area contributed by atoms with Crippen LogP contribution in [-0.2, 0) is 6.42 Å². The zero-order valence-corrected chi connectivity index (χ0v) is 10.6. The molecule has 0 bridgehead atoms. The Balaban J connectivity index is 2.08. The van der Waals surface area contributed by atoms with Gasteiger partial charge in [0, 0.05) is 0 Å². The van der Waals surface area contributed by atoms with Gasteiger partial charge in [-0.2, -0.15) is 0 Å². The molecule has 0 aliphatic heterocycles. The van der Waals surface area contributed by atoms with Crippen molar-refractivity contribution in [2.24, 2.45) is 0 Å². The van der Waals surface area contributed by atoms with E-state index in [1.165, 1.54) is 22.3 Å². The second-order valence-electron chi connectivity index (χ2n) is 4.80. The van der Waals surface area contributed by atoms with Gasteiger partial charge < -0.3 is 0 Å². The summed E-state index contributed by atoms with van der Waals surface area (Å²) in [6.07, 6.45) is 1.00. The van der Waals surface area contributed by atoms with E-state index in [1.54, 1.807) is 0 Å². The van der Waals surface area contributed by atoms with Gasteiger partial charge in [-0.3, -0.25) is 0 Å². The van der Waals surface area contributed by atoms with Gasteiger partial charge >= 0.3 is 0 Å². The molecule has 0 spiro atoms. The summed E-state index contributed by atoms with van der Waals surface area (Å²) in [7, 11) is 0. The topological polar surface area (TPSA) is 0 Å². The average Bonchev–Trinajstić information content (AvgIpc) is 2.33. The Morgan fingerprint density at radius 1 is 0.824 bits per heavy atom. The predicted molar refractivity (Wildman–Crippen MR) is 74.2 cm³/mol. The van der Waals surface area contributed by atoms with E-state index < -0.39 is 0 Å². The molecule has 0 heterocycles. The summed E-state index contributed by atoms with van der Waals surface area (Å²) in [5.41, 5.74) is 5.29. The first-order chi connectivity index (χ1) is 8.15. The number of hydrogen-bond donors (Lipinski definition) is 0. The van der Waals surface area contributed by atoms with Crippen LogP contribution in [0.5, 0.6) is 0 Å². The SMILES string of the molecule is [CH2]C(Cc1ccc(C)cc1)c1ccc(C)cc1. The van der Waals surface area contributed by atoms with Gasteiger partial charge in [-0.25, -0.2) is 0 Å². The molecular formula is C17H19. The Labute approximate surface area is 104 Å². The lowest BCUT2D eigenvalue weighted by Gasteiger charge is -2.12. The maximum atomic E-state index is 4.26. The molecule has 0 nitrogen and oxygen atoms in total. The Morgan fingerprint density at radius 2 is 1.29 bits per heavy atom. The molecule has 0 N–H and O–H groups in total. The molecule has 2 aromatic rings. The fourth-order valence-electron chi connectivity index (χ4n) is 1.97. The molecule has 87 valence electrons. The number of hydrogen-bond acceptors (Lipinski definition) is 0. The second kappa shape index (κ2) is 5.18. The van der Waals surface area contributed by atoms with E-state index in [0.29, 0.717) is 5.92 Å². The van der Waals surface area contributed by atoms with Crippen LogP contribution in [-0.4, -0.2) is 0 Å². The summed E-state index contributed by atoms with van der Waals surface area (Å²) < 4.78 is 0. The van der Waals surface area contributed by atoms with Crippen molar-refractivity contribution in [2.75, 3.05) is 0 Å². The van der Waals surface area contributed by atoms with Crippen molar-refractivity contribution >= 4 is 0 Å². The molecule has 2 aromatic carbocycles. The Kier molecular flexibility index (Phi) is 3.63. The van der Waals surface area contributed by atoms with E-state index in [1.807, 2.05) is 0 Å². The van der Waals surface area contributed by atoms with Gasteiger partial charge in [-0.05, 0) is 44.2 Å². The van der Waals surface area contributed by atoms with Crippen molar-refractivity contribution in [2.45, 2.75) is 26.2 Å². The van der Waals surface area contributed by atoms with E-state index >= 15 is 0 Å². The van der Waals surface area contributed by atoms with Crippen LogP contribution in [0.25, 0.3) is 0 Å². The molecule has 17 heavy (non-hydrogen) atoms. The van der Waals surface area contributed by atoms with Gasteiger partial charge in [0.1, 0.15) is 0 Å². The molecule has 0 fully saturated rings. The maximum Gasteiger partial charge on any atom is -0.0121 e. The number of aryl methyl sites for hydroxylation is 2. The highest BCUT2D eigenvalue weighted by molar-refractivity contribution is 5.29. The van der Waals surface area contributed by atoms with Gasteiger partial charge in [0.25, 0.3) is 0 Å². The van der Waals surface area contributed by atoms with Crippen LogP contribution in [0.15, 0.2) is 48.5 Å². The average molecular weight is 223 g/mol. The highest BCUT2D eigenvalue weighted by Gasteiger charge is 2.06. The lowest BCUT2D eigenvalue weighted by molar-refractivity contribution is 0.831. The van der Waals surface area contributed by atoms with Crippen molar-refractivity contribution in [1.82, 2.24) is 0 Å². The number of benzene rings is 2. The summed E-state index contributed by atoms with van der Waals surface area (Å²) in [6, 6.07) is 17.4. The zero-order chi connectivity index (χ0) is 12.3. The van der Waals surface area contributed by atoms with Crippen LogP contribution in [0, 0.1) is 20.8 Å². The van der Waals surface area contributed by atoms with E-state index in [-0.39, 0.29) is 0 Å². The molecule has 0 saturated heterocycles. The fourth-order valence-corrected chi connectivity index (χ4v) is 1.97. The molecule has 1 unspecified atom stereocenters. The third-order valence-corrected chi connectivity index (χ3v) is 3.15. The first-order valence-corrected chi connectivity index (χ1v) is 6.10. The standard InChI is InChI=1S/C17H19/c1-13-4-8-16(9-5-13)12-15(3)17-10-6-14(2)7-11-17/h4-11,15H,3,12H2,1-2H3. The van der Waals surface area contributed by atoms with Crippen molar-refractivity contribution in [3.8, 4) is 0 Å². The third kappa shape index (κ3) is 3.20. The fraction of sp³-hybridized carbons (Fsp3) is 0.235. The predicted octanol–water partition coefficient (Wildman–Crippen LogP) is 4.46. The minimum Gasteiger partial charge on any atom is -0.0591 e. The molecule has 0 saturated carbocycles. The molecule has 1 atom stereocenters. The van der Waals surface area contributed by atoms with E-state index in [2.05, 4.69) is 69.3 Å². The summed E-state index contributed by atoms with van der Waals surface area (Å²) in [4.78, 5) is 0. The van der Waals surface area contributed by atoms with E-state index in [9.17, 15) is 0 Å². The monoisotopic (exact) mass is 223 g/mol. The molecule has 0 heteroatoms. The summed E-state index contributed by atoms with van der Waals surface area (Å²) in [5.74, 6) is 0.332. The first kappa shape index (κ1) is 11.9. The van der Waals surface area contributed by atoms with Crippen LogP contribution in [0.4, 0.5) is 0 Å². The highest BCUT2D eigenvalue weighted by atomic mass is 14.1. The van der Waals surface area contributed by atoms with Crippen LogP contribution < -0.4 is 0 Å². The molecule has 0 aromatic heterocycles. The van der Waals surface area contributed by atoms with E-state index in [0.717, 1.165) is 6.42 Å². The minimum atomic E-state index is 0.332. The van der Waals surface area contributed by atoms with Crippen LogP contribution in [0.1, 0.15) is 28.2 Å². The van der Waals surface area contributed by atoms with Gasteiger partial charge in [0.05, 0.1) is 0 Å². The Morgan fingerprint density at radius 3 is 1.82 bits per heavy atom. The van der Waals surface area contributed by atoms with Gasteiger partial charge in [0.15, 0.2) is 0 Å². The van der Waals surface area contributed by atoms with Crippen LogP contribution >= 0.6 is 0 Å². The lowest BCUT2D eigenvalue weighted by Crippen LogP contribution is -1.98. The molecular weight excluding hydrogens is 204 g/mol. The normalized spacial score (nSPS) is 12.4. The molecule has 0 aliphatic rings. The quantitative estimate of drug-likeness (QED) is 0.720. The highest BCUT2D eigenvalue weighted by Crippen LogP contribution is 2.20. The van der Waals surface area contributed by atoms with E-state index in [4.69, 9.17) is 0 Å². The largest absolute Gasteiger partial charge is 0.0591 e. The van der Waals surface area contributed by atoms with Crippen LogP contribution in [0.2, 0.25) is 0 Å². The molecule has 0 aliphatic carbocycles. The summed E-state index contributed by atoms with van der Waals surface area (Å²) in [5, 5.41) is 0. The molecule has 0 amide bonds. The summed E-state index contributed by atoms with van der Waals surface area (Å²) in [6.45, 7) is 8.49. The second-order valence-corrected chi connectivity index (χ2v) is 4.80. The first-order valence-electron chi connectivity index (χ1n) is 6.10. The minimum absolute atomic E-state index is 0.332. The summed E-state index contributed by atoms with van der Waals surface area (Å²) >= 11 is 0. The molecule has 1 radical (unpaired) electrons. The van der Waals surface area contributed by atoms with Gasteiger partial charge in [-0.15, -0.1) is 0 Å². The molecule has 2 rings (SSSR count). The lowest BCUT2D eigenvalue weighted by atomic mass is 9.93. The maximum absolute atomic E-state index is 4.26. The zero-order valence-electron chi connectivity index (χ0n) is 10.6. The van der Waals surface area contributed by atoms with Crippen molar-refractivity contribution < 1.29 is 0 Å². The van der Waals surface area contributed by atoms with Crippen molar-refractivity contribution in [1.29, 1.82) is 0 Å². The third-order valence-electron chi connectivity index (χ3n) is 3.15.